The molecule has 0 saturated carbocycles. The Kier molecular flexibility index (Phi) is 15.0. The summed E-state index contributed by atoms with van der Waals surface area (Å²) in [6, 6.07) is 7.66. The molecule has 6 heteroatoms. The van der Waals surface area contributed by atoms with Gasteiger partial charge in [0.2, 0.25) is 0 Å². The molecular formula is C17H26N4OZr. The normalized spacial score (nSPS) is 9.30. The Balaban J connectivity index is 0. The van der Waals surface area contributed by atoms with Crippen LogP contribution in [0.4, 0.5) is 0 Å². The summed E-state index contributed by atoms with van der Waals surface area (Å²) in [4.78, 5) is 0. The van der Waals surface area contributed by atoms with Crippen LogP contribution in [-0.4, -0.2) is 44.2 Å². The van der Waals surface area contributed by atoms with E-state index in [9.17, 15) is 5.11 Å². The topological polar surface area (TPSA) is 65.7 Å². The molecule has 0 saturated heterocycles. The van der Waals surface area contributed by atoms with Crippen LogP contribution in [0.3, 0.4) is 0 Å². The monoisotopic (exact) mass is 392 g/mol. The molecule has 1 N–H and O–H groups in total. The molecule has 0 unspecified atom stereocenters. The molecule has 2 rings (SSSR count). The number of aromatic hydroxyl groups is 1. The zero-order valence-electron chi connectivity index (χ0n) is 14.8. The van der Waals surface area contributed by atoms with Gasteiger partial charge >= 0.3 is 26.2 Å². The van der Waals surface area contributed by atoms with E-state index in [1.165, 1.54) is 0 Å². The largest absolute Gasteiger partial charge is 2.00 e. The summed E-state index contributed by atoms with van der Waals surface area (Å²) in [7, 11) is 7.00. The minimum absolute atomic E-state index is 0. The van der Waals surface area contributed by atoms with Gasteiger partial charge in [0.05, 0.1) is 6.21 Å². The molecule has 0 spiro atoms. The summed E-state index contributed by atoms with van der Waals surface area (Å²) < 4.78 is 1.69. The van der Waals surface area contributed by atoms with Crippen molar-refractivity contribution in [3.8, 4) is 5.75 Å². The smallest absolute Gasteiger partial charge is 0.668 e. The Morgan fingerprint density at radius 2 is 1.48 bits per heavy atom. The van der Waals surface area contributed by atoms with Crippen molar-refractivity contribution >= 4 is 6.21 Å². The zero-order chi connectivity index (χ0) is 17.0. The zero-order valence-corrected chi connectivity index (χ0v) is 17.2. The fraction of sp³-hybridized carbons (Fsp3) is 0.353. The average molecular weight is 394 g/mol. The van der Waals surface area contributed by atoms with Crippen LogP contribution in [0.1, 0.15) is 16.7 Å². The first-order chi connectivity index (χ1) is 10.5. The van der Waals surface area contributed by atoms with Crippen LogP contribution in [0.5, 0.6) is 5.75 Å². The molecule has 0 fully saturated rings. The number of benzene rings is 1. The van der Waals surface area contributed by atoms with Crippen molar-refractivity contribution in [2.45, 2.75) is 13.8 Å². The molecule has 2 aromatic rings. The maximum absolute atomic E-state index is 9.85. The van der Waals surface area contributed by atoms with Crippen LogP contribution in [0.25, 0.3) is 10.6 Å². The van der Waals surface area contributed by atoms with Crippen molar-refractivity contribution in [1.82, 2.24) is 4.68 Å². The third-order valence-corrected chi connectivity index (χ3v) is 2.39. The third kappa shape index (κ3) is 10.2. The van der Waals surface area contributed by atoms with Crippen LogP contribution in [-0.2, 0) is 26.2 Å². The van der Waals surface area contributed by atoms with Gasteiger partial charge in [-0.25, -0.2) is 4.68 Å². The summed E-state index contributed by atoms with van der Waals surface area (Å²) in [5, 5.41) is 21.1. The van der Waals surface area contributed by atoms with Gasteiger partial charge in [0.1, 0.15) is 5.75 Å². The molecular weight excluding hydrogens is 367 g/mol. The molecule has 23 heavy (non-hydrogen) atoms. The van der Waals surface area contributed by atoms with Crippen LogP contribution >= 0.6 is 0 Å². The molecule has 0 bridgehead atoms. The van der Waals surface area contributed by atoms with Gasteiger partial charge in [-0.2, -0.15) is 33.3 Å². The minimum atomic E-state index is 0. The fourth-order valence-electron chi connectivity index (χ4n) is 1.62. The van der Waals surface area contributed by atoms with Gasteiger partial charge in [-0.15, -0.1) is 0 Å². The number of hydrogen-bond donors (Lipinski definition) is 1. The molecule has 0 amide bonds. The standard InChI is InChI=1S/C13H14N2O.2C2H6N.Zr/c1-10-7-11(2)13(16)12(8-10)9-14-15-5-3-4-6-15;2*1-3-2;/h3-9,16H,1-2H3;2*1-2H3;/q;2*-1;+2/b14-9+;;;. The fourth-order valence-corrected chi connectivity index (χ4v) is 1.62. The number of rotatable bonds is 2. The first kappa shape index (κ1) is 24.0. The van der Waals surface area contributed by atoms with E-state index in [-0.39, 0.29) is 26.2 Å². The van der Waals surface area contributed by atoms with Crippen molar-refractivity contribution in [2.24, 2.45) is 5.10 Å². The molecule has 0 aliphatic rings. The van der Waals surface area contributed by atoms with Gasteiger partial charge in [-0.3, -0.25) is 0 Å². The minimum Gasteiger partial charge on any atom is -0.668 e. The van der Waals surface area contributed by atoms with E-state index in [4.69, 9.17) is 0 Å². The molecule has 0 aliphatic carbocycles. The van der Waals surface area contributed by atoms with E-state index in [0.29, 0.717) is 5.75 Å². The predicted octanol–water partition coefficient (Wildman–Crippen LogP) is 3.93. The number of aromatic nitrogens is 1. The van der Waals surface area contributed by atoms with Crippen LogP contribution < -0.4 is 0 Å². The van der Waals surface area contributed by atoms with Gasteiger partial charge in [0, 0.05) is 18.0 Å². The molecule has 1 heterocycles. The van der Waals surface area contributed by atoms with Crippen molar-refractivity contribution in [3.63, 3.8) is 0 Å². The second-order valence-electron chi connectivity index (χ2n) is 4.72. The SMILES string of the molecule is C[N-]C.C[N-]C.Cc1cc(C)c(O)c(/C=N/n2cccc2)c1.[Zr+2]. The Bertz CT molecular complexity index is 552. The Morgan fingerprint density at radius 3 is 1.96 bits per heavy atom. The van der Waals surface area contributed by atoms with Crippen LogP contribution in [0.15, 0.2) is 41.8 Å². The number of aryl methyl sites for hydroxylation is 2. The van der Waals surface area contributed by atoms with Crippen molar-refractivity contribution < 1.29 is 31.3 Å². The van der Waals surface area contributed by atoms with Gasteiger partial charge in [0.25, 0.3) is 0 Å². The van der Waals surface area contributed by atoms with Crippen molar-refractivity contribution in [1.29, 1.82) is 0 Å². The number of nitrogens with zero attached hydrogens (tertiary/aromatic N) is 4. The summed E-state index contributed by atoms with van der Waals surface area (Å²) in [5.41, 5.74) is 2.73. The molecule has 1 aromatic heterocycles. The van der Waals surface area contributed by atoms with Crippen LogP contribution in [0.2, 0.25) is 0 Å². The number of phenols is 1. The molecule has 0 radical (unpaired) electrons. The summed E-state index contributed by atoms with van der Waals surface area (Å²) >= 11 is 0. The van der Waals surface area contributed by atoms with Crippen LogP contribution in [0, 0.1) is 13.8 Å². The molecule has 5 nitrogen and oxygen atoms in total. The van der Waals surface area contributed by atoms with Gasteiger partial charge in [-0.1, -0.05) is 6.07 Å². The van der Waals surface area contributed by atoms with E-state index in [2.05, 4.69) is 15.7 Å². The van der Waals surface area contributed by atoms with E-state index in [0.717, 1.165) is 16.7 Å². The Labute approximate surface area is 158 Å². The molecule has 1 aromatic carbocycles. The maximum Gasteiger partial charge on any atom is 2.00 e. The van der Waals surface area contributed by atoms with E-state index >= 15 is 0 Å². The van der Waals surface area contributed by atoms with Crippen molar-refractivity contribution in [3.05, 3.63) is 64.0 Å². The van der Waals surface area contributed by atoms with E-state index in [1.54, 1.807) is 39.1 Å². The summed E-state index contributed by atoms with van der Waals surface area (Å²) in [5.74, 6) is 0.293. The number of phenolic OH excluding ortho intramolecular Hbond substituents is 1. The third-order valence-electron chi connectivity index (χ3n) is 2.39. The van der Waals surface area contributed by atoms with E-state index in [1.807, 2.05) is 50.5 Å². The second-order valence-corrected chi connectivity index (χ2v) is 4.72. The first-order valence-electron chi connectivity index (χ1n) is 6.93. The maximum atomic E-state index is 9.85. The molecule has 0 aliphatic heterocycles. The quantitative estimate of drug-likeness (QED) is 0.772. The summed E-state index contributed by atoms with van der Waals surface area (Å²) in [6.45, 7) is 3.88. The van der Waals surface area contributed by atoms with E-state index < -0.39 is 0 Å². The second kappa shape index (κ2) is 14.4. The number of hydrogen-bond acceptors (Lipinski definition) is 2. The van der Waals surface area contributed by atoms with Crippen molar-refractivity contribution in [2.75, 3.05) is 28.2 Å². The van der Waals surface area contributed by atoms with Gasteiger partial charge < -0.3 is 15.7 Å². The average Bonchev–Trinajstić information content (AvgIpc) is 2.96. The molecule has 0 atom stereocenters. The Morgan fingerprint density at radius 1 is 1.00 bits per heavy atom. The summed E-state index contributed by atoms with van der Waals surface area (Å²) in [6.07, 6.45) is 5.35. The predicted molar refractivity (Wildman–Crippen MR) is 95.4 cm³/mol. The molecule has 124 valence electrons. The Hall–Kier alpha value is -1.23. The first-order valence-corrected chi connectivity index (χ1v) is 6.93. The van der Waals surface area contributed by atoms with Gasteiger partial charge in [-0.05, 0) is 43.2 Å². The van der Waals surface area contributed by atoms with Gasteiger partial charge in [0.15, 0.2) is 0 Å².